The normalized spacial score (nSPS) is 11.3. The molecule has 1 aromatic rings. The Bertz CT molecular complexity index is 506. The van der Waals surface area contributed by atoms with Crippen molar-refractivity contribution in [3.63, 3.8) is 0 Å². The molecule has 0 heterocycles. The van der Waals surface area contributed by atoms with Crippen LogP contribution in [0.15, 0.2) is 23.4 Å². The quantitative estimate of drug-likeness (QED) is 0.375. The Hall–Kier alpha value is -1.53. The number of rotatable bonds is 5. The van der Waals surface area contributed by atoms with Crippen molar-refractivity contribution in [2.24, 2.45) is 5.16 Å². The Morgan fingerprint density at radius 3 is 2.80 bits per heavy atom. The molecule has 0 saturated carbocycles. The zero-order chi connectivity index (χ0) is 15.1. The van der Waals surface area contributed by atoms with Crippen LogP contribution >= 0.6 is 23.8 Å². The van der Waals surface area contributed by atoms with Gasteiger partial charge in [-0.2, -0.15) is 0 Å². The summed E-state index contributed by atoms with van der Waals surface area (Å²) >= 11 is 11.1. The number of nitrogens with one attached hydrogen (secondary N) is 1. The van der Waals surface area contributed by atoms with Crippen LogP contribution in [0.3, 0.4) is 0 Å². The van der Waals surface area contributed by atoms with Gasteiger partial charge in [0, 0.05) is 11.8 Å². The molecule has 0 atom stereocenters. The van der Waals surface area contributed by atoms with E-state index in [2.05, 4.69) is 10.5 Å². The molecule has 0 radical (unpaired) electrons. The van der Waals surface area contributed by atoms with Crippen molar-refractivity contribution in [1.82, 2.24) is 0 Å². The average Bonchev–Trinajstić information content (AvgIpc) is 2.37. The van der Waals surface area contributed by atoms with Crippen molar-refractivity contribution in [3.8, 4) is 5.75 Å². The maximum Gasteiger partial charge on any atom is 0.261 e. The van der Waals surface area contributed by atoms with Gasteiger partial charge in [0.05, 0.1) is 16.8 Å². The number of thiocarbonyl (C=S) groups is 1. The minimum Gasteiger partial charge on any atom is -0.486 e. The van der Waals surface area contributed by atoms with Gasteiger partial charge in [-0.1, -0.05) is 16.8 Å². The standard InChI is InChI=1S/C13H17ClN2O3S/c1-8(2)19-13(20)15-10-4-5-11(14)12(6-10)18-7-9(3)16-17/h4-6,8,17H,7H2,1-3H3,(H,15,20)/b16-9-. The third kappa shape index (κ3) is 5.63. The first-order valence-corrected chi connectivity index (χ1v) is 6.78. The molecule has 110 valence electrons. The molecule has 0 aliphatic heterocycles. The minimum absolute atomic E-state index is 0.00133. The lowest BCUT2D eigenvalue weighted by Gasteiger charge is -2.14. The molecule has 0 unspecified atom stereocenters. The van der Waals surface area contributed by atoms with E-state index in [1.807, 2.05) is 13.8 Å². The molecule has 0 amide bonds. The fourth-order valence-corrected chi connectivity index (χ4v) is 1.75. The Kier molecular flexibility index (Phi) is 6.54. The van der Waals surface area contributed by atoms with E-state index in [1.54, 1.807) is 25.1 Å². The highest BCUT2D eigenvalue weighted by atomic mass is 35.5. The predicted octanol–water partition coefficient (Wildman–Crippen LogP) is 3.69. The number of nitrogens with zero attached hydrogens (tertiary/aromatic N) is 1. The number of ether oxygens (including phenoxy) is 2. The van der Waals surface area contributed by atoms with Crippen molar-refractivity contribution >= 4 is 40.4 Å². The number of benzene rings is 1. The van der Waals surface area contributed by atoms with Crippen LogP contribution in [-0.4, -0.2) is 28.8 Å². The fourth-order valence-electron chi connectivity index (χ4n) is 1.26. The van der Waals surface area contributed by atoms with Crippen LogP contribution in [0.4, 0.5) is 5.69 Å². The molecule has 1 aromatic carbocycles. The summed E-state index contributed by atoms with van der Waals surface area (Å²) in [5, 5.41) is 15.3. The first-order valence-electron chi connectivity index (χ1n) is 6.00. The Labute approximate surface area is 128 Å². The van der Waals surface area contributed by atoms with Crippen LogP contribution < -0.4 is 10.1 Å². The molecule has 1 rings (SSSR count). The van der Waals surface area contributed by atoms with Crippen LogP contribution in [0, 0.1) is 0 Å². The lowest BCUT2D eigenvalue weighted by atomic mass is 10.3. The van der Waals surface area contributed by atoms with E-state index in [0.717, 1.165) is 0 Å². The third-order valence-electron chi connectivity index (χ3n) is 2.13. The number of hydrogen-bond donors (Lipinski definition) is 2. The van der Waals surface area contributed by atoms with Crippen LogP contribution in [0.2, 0.25) is 5.02 Å². The molecule has 5 nitrogen and oxygen atoms in total. The van der Waals surface area contributed by atoms with Gasteiger partial charge in [-0.3, -0.25) is 0 Å². The maximum atomic E-state index is 8.57. The molecular weight excluding hydrogens is 300 g/mol. The van der Waals surface area contributed by atoms with Crippen molar-refractivity contribution in [3.05, 3.63) is 23.2 Å². The predicted molar refractivity (Wildman–Crippen MR) is 84.3 cm³/mol. The molecule has 0 bridgehead atoms. The number of oxime groups is 1. The Balaban J connectivity index is 2.73. The molecule has 7 heteroatoms. The van der Waals surface area contributed by atoms with E-state index in [4.69, 9.17) is 38.5 Å². The lowest BCUT2D eigenvalue weighted by molar-refractivity contribution is 0.235. The van der Waals surface area contributed by atoms with E-state index in [1.165, 1.54) is 0 Å². The van der Waals surface area contributed by atoms with E-state index in [9.17, 15) is 0 Å². The second-order valence-corrected chi connectivity index (χ2v) is 5.13. The fraction of sp³-hybridized carbons (Fsp3) is 0.385. The third-order valence-corrected chi connectivity index (χ3v) is 2.64. The highest BCUT2D eigenvalue weighted by molar-refractivity contribution is 7.80. The molecule has 0 saturated heterocycles. The van der Waals surface area contributed by atoms with Crippen LogP contribution in [-0.2, 0) is 4.74 Å². The highest BCUT2D eigenvalue weighted by Gasteiger charge is 2.07. The van der Waals surface area contributed by atoms with Gasteiger partial charge in [0.1, 0.15) is 12.4 Å². The molecule has 20 heavy (non-hydrogen) atoms. The molecule has 0 aromatic heterocycles. The van der Waals surface area contributed by atoms with Gasteiger partial charge in [-0.15, -0.1) is 0 Å². The lowest BCUT2D eigenvalue weighted by Crippen LogP contribution is -2.17. The van der Waals surface area contributed by atoms with Crippen LogP contribution in [0.5, 0.6) is 5.75 Å². The summed E-state index contributed by atoms with van der Waals surface area (Å²) < 4.78 is 10.8. The summed E-state index contributed by atoms with van der Waals surface area (Å²) in [7, 11) is 0. The summed E-state index contributed by atoms with van der Waals surface area (Å²) in [6.07, 6.45) is 0.00133. The second kappa shape index (κ2) is 7.91. The molecule has 0 fully saturated rings. The molecular formula is C13H17ClN2O3S. The highest BCUT2D eigenvalue weighted by Crippen LogP contribution is 2.28. The summed E-state index contributed by atoms with van der Waals surface area (Å²) in [4.78, 5) is 0. The monoisotopic (exact) mass is 316 g/mol. The Morgan fingerprint density at radius 1 is 1.50 bits per heavy atom. The summed E-state index contributed by atoms with van der Waals surface area (Å²) in [5.74, 6) is 0.465. The van der Waals surface area contributed by atoms with Gasteiger partial charge >= 0.3 is 0 Å². The van der Waals surface area contributed by atoms with Gasteiger partial charge < -0.3 is 20.0 Å². The van der Waals surface area contributed by atoms with Gasteiger partial charge in [0.2, 0.25) is 0 Å². The zero-order valence-corrected chi connectivity index (χ0v) is 13.1. The van der Waals surface area contributed by atoms with Crippen LogP contribution in [0.1, 0.15) is 20.8 Å². The van der Waals surface area contributed by atoms with E-state index in [0.29, 0.717) is 22.2 Å². The molecule has 0 aliphatic rings. The maximum absolute atomic E-state index is 8.57. The Morgan fingerprint density at radius 2 is 2.20 bits per heavy atom. The SMILES string of the molecule is C/C(COc1cc(NC(=S)OC(C)C)ccc1Cl)=N/O. The zero-order valence-electron chi connectivity index (χ0n) is 11.5. The van der Waals surface area contributed by atoms with Crippen molar-refractivity contribution in [2.45, 2.75) is 26.9 Å². The van der Waals surface area contributed by atoms with Gasteiger partial charge in [-0.05, 0) is 45.1 Å². The van der Waals surface area contributed by atoms with Crippen molar-refractivity contribution < 1.29 is 14.7 Å². The second-order valence-electron chi connectivity index (χ2n) is 4.35. The molecule has 2 N–H and O–H groups in total. The summed E-state index contributed by atoms with van der Waals surface area (Å²) in [6.45, 7) is 5.57. The number of hydrogen-bond acceptors (Lipinski definition) is 5. The van der Waals surface area contributed by atoms with E-state index in [-0.39, 0.29) is 17.9 Å². The van der Waals surface area contributed by atoms with Gasteiger partial charge in [-0.25, -0.2) is 0 Å². The van der Waals surface area contributed by atoms with E-state index >= 15 is 0 Å². The topological polar surface area (TPSA) is 63.1 Å². The minimum atomic E-state index is 0.00133. The van der Waals surface area contributed by atoms with Crippen molar-refractivity contribution in [2.75, 3.05) is 11.9 Å². The first kappa shape index (κ1) is 16.5. The number of anilines is 1. The molecule has 0 aliphatic carbocycles. The smallest absolute Gasteiger partial charge is 0.261 e. The van der Waals surface area contributed by atoms with Gasteiger partial charge in [0.25, 0.3) is 5.17 Å². The van der Waals surface area contributed by atoms with Gasteiger partial charge in [0.15, 0.2) is 0 Å². The van der Waals surface area contributed by atoms with E-state index < -0.39 is 0 Å². The van der Waals surface area contributed by atoms with Crippen LogP contribution in [0.25, 0.3) is 0 Å². The molecule has 0 spiro atoms. The summed E-state index contributed by atoms with van der Waals surface area (Å²) in [5.41, 5.74) is 1.15. The first-order chi connectivity index (χ1) is 9.42. The number of halogens is 1. The largest absolute Gasteiger partial charge is 0.486 e. The van der Waals surface area contributed by atoms with Crippen molar-refractivity contribution in [1.29, 1.82) is 0 Å². The average molecular weight is 317 g/mol. The summed E-state index contributed by atoms with van der Waals surface area (Å²) in [6, 6.07) is 5.14.